The fourth-order valence-electron chi connectivity index (χ4n) is 2.33. The first-order valence-corrected chi connectivity index (χ1v) is 7.49. The van der Waals surface area contributed by atoms with Crippen LogP contribution in [0.4, 0.5) is 0 Å². The molecule has 1 nitrogen and oxygen atoms in total. The van der Waals surface area contributed by atoms with Gasteiger partial charge in [0.05, 0.1) is 6.07 Å². The van der Waals surface area contributed by atoms with Crippen LogP contribution in [0.25, 0.3) is 0 Å². The SMILES string of the molecule is C#CC(C#N)CCCC(C#C)CCCC(C#C)CCC. The molecule has 0 aromatic heterocycles. The molecular formula is C19H25N. The van der Waals surface area contributed by atoms with E-state index in [1.165, 1.54) is 0 Å². The van der Waals surface area contributed by atoms with Crippen LogP contribution in [0.1, 0.15) is 58.3 Å². The second-order valence-electron chi connectivity index (χ2n) is 5.23. The topological polar surface area (TPSA) is 23.8 Å². The third kappa shape index (κ3) is 8.30. The Balaban J connectivity index is 3.90. The van der Waals surface area contributed by atoms with Crippen LogP contribution < -0.4 is 0 Å². The van der Waals surface area contributed by atoms with Crippen molar-refractivity contribution in [1.82, 2.24) is 0 Å². The van der Waals surface area contributed by atoms with Crippen molar-refractivity contribution in [1.29, 1.82) is 5.26 Å². The van der Waals surface area contributed by atoms with Crippen molar-refractivity contribution >= 4 is 0 Å². The first-order chi connectivity index (χ1) is 9.71. The molecule has 0 fully saturated rings. The molecule has 0 aliphatic carbocycles. The van der Waals surface area contributed by atoms with Gasteiger partial charge in [0, 0.05) is 11.8 Å². The smallest absolute Gasteiger partial charge is 0.107 e. The van der Waals surface area contributed by atoms with Crippen molar-refractivity contribution < 1.29 is 0 Å². The van der Waals surface area contributed by atoms with Gasteiger partial charge >= 0.3 is 0 Å². The van der Waals surface area contributed by atoms with E-state index in [2.05, 4.69) is 30.8 Å². The molecular weight excluding hydrogens is 242 g/mol. The minimum atomic E-state index is -0.274. The molecule has 0 saturated carbocycles. The van der Waals surface area contributed by atoms with Crippen LogP contribution in [0.5, 0.6) is 0 Å². The third-order valence-electron chi connectivity index (χ3n) is 3.62. The molecule has 3 atom stereocenters. The van der Waals surface area contributed by atoms with E-state index in [9.17, 15) is 0 Å². The molecule has 0 aliphatic heterocycles. The van der Waals surface area contributed by atoms with E-state index in [0.29, 0.717) is 5.92 Å². The summed E-state index contributed by atoms with van der Waals surface area (Å²) in [7, 11) is 0. The quantitative estimate of drug-likeness (QED) is 0.538. The van der Waals surface area contributed by atoms with E-state index in [0.717, 1.165) is 51.4 Å². The lowest BCUT2D eigenvalue weighted by atomic mass is 9.91. The lowest BCUT2D eigenvalue weighted by Crippen LogP contribution is -2.02. The summed E-state index contributed by atoms with van der Waals surface area (Å²) in [6, 6.07) is 2.11. The van der Waals surface area contributed by atoms with Crippen LogP contribution >= 0.6 is 0 Å². The first kappa shape index (κ1) is 18.2. The van der Waals surface area contributed by atoms with Crippen molar-refractivity contribution in [2.24, 2.45) is 17.8 Å². The molecule has 0 bridgehead atoms. The van der Waals surface area contributed by atoms with Crippen molar-refractivity contribution in [3.8, 4) is 43.1 Å². The number of rotatable bonds is 10. The van der Waals surface area contributed by atoms with Crippen LogP contribution in [0.2, 0.25) is 0 Å². The van der Waals surface area contributed by atoms with Gasteiger partial charge in [-0.2, -0.15) is 5.26 Å². The molecule has 0 rings (SSSR count). The zero-order chi connectivity index (χ0) is 15.2. The van der Waals surface area contributed by atoms with Crippen LogP contribution in [0.3, 0.4) is 0 Å². The maximum Gasteiger partial charge on any atom is 0.107 e. The van der Waals surface area contributed by atoms with Crippen molar-refractivity contribution in [3.05, 3.63) is 0 Å². The standard InChI is InChI=1S/C19H25N/c1-5-11-17(6-2)12-9-13-18(7-3)14-10-15-19(8-4)16-20/h2-4,17-19H,5,9-15H2,1H3. The van der Waals surface area contributed by atoms with Gasteiger partial charge in [-0.1, -0.05) is 25.7 Å². The Morgan fingerprint density at radius 3 is 1.70 bits per heavy atom. The van der Waals surface area contributed by atoms with Gasteiger partial charge < -0.3 is 0 Å². The van der Waals surface area contributed by atoms with Crippen molar-refractivity contribution in [3.63, 3.8) is 0 Å². The van der Waals surface area contributed by atoms with Crippen molar-refractivity contribution in [2.75, 3.05) is 0 Å². The molecule has 3 unspecified atom stereocenters. The second-order valence-corrected chi connectivity index (χ2v) is 5.23. The van der Waals surface area contributed by atoms with E-state index >= 15 is 0 Å². The third-order valence-corrected chi connectivity index (χ3v) is 3.62. The Kier molecular flexibility index (Phi) is 11.1. The van der Waals surface area contributed by atoms with Gasteiger partial charge in [0.1, 0.15) is 5.92 Å². The van der Waals surface area contributed by atoms with E-state index in [1.807, 2.05) is 0 Å². The fraction of sp³-hybridized carbons (Fsp3) is 0.632. The van der Waals surface area contributed by atoms with E-state index in [-0.39, 0.29) is 11.8 Å². The Hall–Kier alpha value is -1.83. The highest BCUT2D eigenvalue weighted by Crippen LogP contribution is 2.20. The summed E-state index contributed by atoms with van der Waals surface area (Å²) in [5.74, 6) is 8.60. The number of terminal acetylenes is 3. The minimum absolute atomic E-state index is 0.274. The molecule has 0 saturated heterocycles. The van der Waals surface area contributed by atoms with Crippen LogP contribution in [-0.4, -0.2) is 0 Å². The minimum Gasteiger partial charge on any atom is -0.197 e. The van der Waals surface area contributed by atoms with E-state index in [1.54, 1.807) is 0 Å². The molecule has 0 aliphatic rings. The Labute approximate surface area is 125 Å². The fourth-order valence-corrected chi connectivity index (χ4v) is 2.33. The molecule has 0 spiro atoms. The summed E-state index contributed by atoms with van der Waals surface area (Å²) in [4.78, 5) is 0. The van der Waals surface area contributed by atoms with Gasteiger partial charge in [0.25, 0.3) is 0 Å². The summed E-state index contributed by atoms with van der Waals surface area (Å²) in [5.41, 5.74) is 0. The summed E-state index contributed by atoms with van der Waals surface area (Å²) >= 11 is 0. The molecule has 0 amide bonds. The number of nitriles is 1. The first-order valence-electron chi connectivity index (χ1n) is 7.49. The predicted molar refractivity (Wildman–Crippen MR) is 85.2 cm³/mol. The molecule has 106 valence electrons. The zero-order valence-corrected chi connectivity index (χ0v) is 12.6. The highest BCUT2D eigenvalue weighted by Gasteiger charge is 2.10. The number of hydrogen-bond donors (Lipinski definition) is 0. The van der Waals surface area contributed by atoms with Crippen molar-refractivity contribution in [2.45, 2.75) is 58.3 Å². The number of hydrogen-bond acceptors (Lipinski definition) is 1. The van der Waals surface area contributed by atoms with E-state index < -0.39 is 0 Å². The molecule has 0 heterocycles. The van der Waals surface area contributed by atoms with Gasteiger partial charge in [-0.05, 0) is 38.5 Å². The second kappa shape index (κ2) is 12.2. The summed E-state index contributed by atoms with van der Waals surface area (Å²) in [5, 5.41) is 8.78. The van der Waals surface area contributed by atoms with Crippen LogP contribution in [-0.2, 0) is 0 Å². The molecule has 1 heteroatoms. The maximum atomic E-state index is 8.78. The van der Waals surface area contributed by atoms with E-state index in [4.69, 9.17) is 24.5 Å². The maximum absolute atomic E-state index is 8.78. The highest BCUT2D eigenvalue weighted by molar-refractivity contribution is 5.05. The zero-order valence-electron chi connectivity index (χ0n) is 12.6. The highest BCUT2D eigenvalue weighted by atomic mass is 14.3. The Morgan fingerprint density at radius 1 is 0.800 bits per heavy atom. The number of nitrogens with zero attached hydrogens (tertiary/aromatic N) is 1. The largest absolute Gasteiger partial charge is 0.197 e. The molecule has 20 heavy (non-hydrogen) atoms. The van der Waals surface area contributed by atoms with Gasteiger partial charge in [-0.25, -0.2) is 0 Å². The van der Waals surface area contributed by atoms with Crippen LogP contribution in [0.15, 0.2) is 0 Å². The van der Waals surface area contributed by atoms with Gasteiger partial charge in [0.2, 0.25) is 0 Å². The summed E-state index contributed by atoms with van der Waals surface area (Å²) in [6.45, 7) is 2.16. The molecule has 0 aromatic rings. The average molecular weight is 267 g/mol. The van der Waals surface area contributed by atoms with Crippen LogP contribution in [0, 0.1) is 66.1 Å². The van der Waals surface area contributed by atoms with Gasteiger partial charge in [-0.15, -0.1) is 31.1 Å². The summed E-state index contributed by atoms with van der Waals surface area (Å²) in [6.07, 6.45) is 24.4. The lowest BCUT2D eigenvalue weighted by molar-refractivity contribution is 0.454. The normalized spacial score (nSPS) is 14.1. The molecule has 0 N–H and O–H groups in total. The molecule has 0 aromatic carbocycles. The Bertz CT molecular complexity index is 393. The lowest BCUT2D eigenvalue weighted by Gasteiger charge is -2.13. The van der Waals surface area contributed by atoms with Gasteiger partial charge in [0.15, 0.2) is 0 Å². The van der Waals surface area contributed by atoms with Gasteiger partial charge in [-0.3, -0.25) is 0 Å². The Morgan fingerprint density at radius 2 is 1.30 bits per heavy atom. The average Bonchev–Trinajstić information content (AvgIpc) is 2.48. The monoisotopic (exact) mass is 267 g/mol. The summed E-state index contributed by atoms with van der Waals surface area (Å²) < 4.78 is 0. The predicted octanol–water partition coefficient (Wildman–Crippen LogP) is 4.40. The molecule has 0 radical (unpaired) electrons.